The smallest absolute Gasteiger partial charge is 0.119 e. The molecule has 2 heteroatoms. The summed E-state index contributed by atoms with van der Waals surface area (Å²) >= 11 is 0. The Hall–Kier alpha value is -1.02. The molecule has 2 unspecified atom stereocenters. The molecule has 0 amide bonds. The number of ether oxygens (including phenoxy) is 1. The van der Waals surface area contributed by atoms with Crippen LogP contribution in [-0.4, -0.2) is 17.3 Å². The molecule has 1 aromatic carbocycles. The standard InChI is InChI=1S/C14H20O2/c1-2-11-6-8-13(9-7-11)16-14-5-3-4-12(15)10-14/h6-9,12,14-15H,2-5,10H2,1H3. The molecule has 88 valence electrons. The monoisotopic (exact) mass is 220 g/mol. The maximum Gasteiger partial charge on any atom is 0.119 e. The summed E-state index contributed by atoms with van der Waals surface area (Å²) in [5, 5.41) is 9.56. The zero-order chi connectivity index (χ0) is 11.4. The summed E-state index contributed by atoms with van der Waals surface area (Å²) in [6.07, 6.45) is 4.91. The van der Waals surface area contributed by atoms with Crippen LogP contribution in [0.4, 0.5) is 0 Å². The first kappa shape index (κ1) is 11.5. The second-order valence-corrected chi connectivity index (χ2v) is 4.56. The summed E-state index contributed by atoms with van der Waals surface area (Å²) in [4.78, 5) is 0. The lowest BCUT2D eigenvalue weighted by Gasteiger charge is -2.26. The number of aliphatic hydroxyl groups excluding tert-OH is 1. The topological polar surface area (TPSA) is 29.5 Å². The Kier molecular flexibility index (Phi) is 3.83. The second kappa shape index (κ2) is 5.35. The second-order valence-electron chi connectivity index (χ2n) is 4.56. The molecule has 2 rings (SSSR count). The molecule has 0 bridgehead atoms. The van der Waals surface area contributed by atoms with Crippen LogP contribution in [0.25, 0.3) is 0 Å². The normalized spacial score (nSPS) is 25.4. The van der Waals surface area contributed by atoms with Gasteiger partial charge in [-0.3, -0.25) is 0 Å². The van der Waals surface area contributed by atoms with E-state index in [-0.39, 0.29) is 12.2 Å². The Morgan fingerprint density at radius 3 is 2.62 bits per heavy atom. The van der Waals surface area contributed by atoms with Gasteiger partial charge in [0.15, 0.2) is 0 Å². The SMILES string of the molecule is CCc1ccc(OC2CCCC(O)C2)cc1. The van der Waals surface area contributed by atoms with Crippen LogP contribution in [0.3, 0.4) is 0 Å². The maximum atomic E-state index is 9.56. The van der Waals surface area contributed by atoms with Gasteiger partial charge in [-0.15, -0.1) is 0 Å². The van der Waals surface area contributed by atoms with Crippen molar-refractivity contribution in [2.75, 3.05) is 0 Å². The molecule has 1 fully saturated rings. The van der Waals surface area contributed by atoms with Gasteiger partial charge in [-0.05, 0) is 43.4 Å². The first-order valence-electron chi connectivity index (χ1n) is 6.21. The minimum atomic E-state index is -0.173. The average molecular weight is 220 g/mol. The fraction of sp³-hybridized carbons (Fsp3) is 0.571. The molecule has 1 saturated carbocycles. The van der Waals surface area contributed by atoms with Crippen molar-refractivity contribution in [3.8, 4) is 5.75 Å². The Balaban J connectivity index is 1.92. The predicted molar refractivity (Wildman–Crippen MR) is 64.7 cm³/mol. The molecular weight excluding hydrogens is 200 g/mol. The number of hydrogen-bond donors (Lipinski definition) is 1. The quantitative estimate of drug-likeness (QED) is 0.848. The summed E-state index contributed by atoms with van der Waals surface area (Å²) in [7, 11) is 0. The fourth-order valence-corrected chi connectivity index (χ4v) is 2.22. The minimum Gasteiger partial charge on any atom is -0.490 e. The Bertz CT molecular complexity index is 318. The first-order chi connectivity index (χ1) is 7.78. The highest BCUT2D eigenvalue weighted by Gasteiger charge is 2.21. The van der Waals surface area contributed by atoms with E-state index in [1.165, 1.54) is 5.56 Å². The summed E-state index contributed by atoms with van der Waals surface area (Å²) in [5.74, 6) is 0.927. The van der Waals surface area contributed by atoms with Gasteiger partial charge in [0.1, 0.15) is 11.9 Å². The summed E-state index contributed by atoms with van der Waals surface area (Å²) < 4.78 is 5.87. The van der Waals surface area contributed by atoms with Crippen molar-refractivity contribution in [2.24, 2.45) is 0 Å². The molecule has 2 nitrogen and oxygen atoms in total. The van der Waals surface area contributed by atoms with E-state index in [0.29, 0.717) is 0 Å². The highest BCUT2D eigenvalue weighted by Crippen LogP contribution is 2.24. The number of aliphatic hydroxyl groups is 1. The van der Waals surface area contributed by atoms with Gasteiger partial charge in [-0.1, -0.05) is 19.1 Å². The molecule has 0 radical (unpaired) electrons. The molecule has 0 saturated heterocycles. The fourth-order valence-electron chi connectivity index (χ4n) is 2.22. The molecule has 0 heterocycles. The third-order valence-electron chi connectivity index (χ3n) is 3.23. The van der Waals surface area contributed by atoms with Crippen LogP contribution in [0.15, 0.2) is 24.3 Å². The Morgan fingerprint density at radius 2 is 2.00 bits per heavy atom. The number of benzene rings is 1. The number of aryl methyl sites for hydroxylation is 1. The first-order valence-corrected chi connectivity index (χ1v) is 6.21. The molecule has 0 spiro atoms. The van der Waals surface area contributed by atoms with E-state index < -0.39 is 0 Å². The van der Waals surface area contributed by atoms with Crippen LogP contribution < -0.4 is 4.74 Å². The van der Waals surface area contributed by atoms with E-state index in [2.05, 4.69) is 19.1 Å². The van der Waals surface area contributed by atoms with Gasteiger partial charge in [-0.25, -0.2) is 0 Å². The zero-order valence-electron chi connectivity index (χ0n) is 9.86. The van der Waals surface area contributed by atoms with Crippen molar-refractivity contribution >= 4 is 0 Å². The van der Waals surface area contributed by atoms with Crippen LogP contribution in [0.2, 0.25) is 0 Å². The van der Waals surface area contributed by atoms with Crippen LogP contribution in [0, 0.1) is 0 Å². The maximum absolute atomic E-state index is 9.56. The minimum absolute atomic E-state index is 0.173. The van der Waals surface area contributed by atoms with Gasteiger partial charge in [0.25, 0.3) is 0 Å². The van der Waals surface area contributed by atoms with Crippen LogP contribution >= 0.6 is 0 Å². The molecule has 16 heavy (non-hydrogen) atoms. The lowest BCUT2D eigenvalue weighted by Crippen LogP contribution is -2.28. The third-order valence-corrected chi connectivity index (χ3v) is 3.23. The molecule has 2 atom stereocenters. The average Bonchev–Trinajstić information content (AvgIpc) is 2.30. The van der Waals surface area contributed by atoms with E-state index in [1.54, 1.807) is 0 Å². The van der Waals surface area contributed by atoms with Gasteiger partial charge in [0, 0.05) is 6.42 Å². The number of rotatable bonds is 3. The van der Waals surface area contributed by atoms with E-state index in [1.807, 2.05) is 12.1 Å². The van der Waals surface area contributed by atoms with Gasteiger partial charge in [0.2, 0.25) is 0 Å². The molecule has 0 aliphatic heterocycles. The van der Waals surface area contributed by atoms with Gasteiger partial charge in [-0.2, -0.15) is 0 Å². The highest BCUT2D eigenvalue weighted by molar-refractivity contribution is 5.27. The zero-order valence-corrected chi connectivity index (χ0v) is 9.86. The number of hydrogen-bond acceptors (Lipinski definition) is 2. The highest BCUT2D eigenvalue weighted by atomic mass is 16.5. The summed E-state index contributed by atoms with van der Waals surface area (Å²) in [5.41, 5.74) is 1.33. The van der Waals surface area contributed by atoms with E-state index in [0.717, 1.165) is 37.9 Å². The van der Waals surface area contributed by atoms with Crippen LogP contribution in [0.5, 0.6) is 5.75 Å². The third kappa shape index (κ3) is 2.99. The van der Waals surface area contributed by atoms with Crippen molar-refractivity contribution in [3.05, 3.63) is 29.8 Å². The summed E-state index contributed by atoms with van der Waals surface area (Å²) in [6.45, 7) is 2.15. The molecular formula is C14H20O2. The van der Waals surface area contributed by atoms with E-state index in [9.17, 15) is 5.11 Å². The van der Waals surface area contributed by atoms with Gasteiger partial charge in [0.05, 0.1) is 6.10 Å². The molecule has 1 N–H and O–H groups in total. The van der Waals surface area contributed by atoms with E-state index >= 15 is 0 Å². The van der Waals surface area contributed by atoms with Gasteiger partial charge < -0.3 is 9.84 Å². The van der Waals surface area contributed by atoms with E-state index in [4.69, 9.17) is 4.74 Å². The van der Waals surface area contributed by atoms with Crippen molar-refractivity contribution in [1.82, 2.24) is 0 Å². The largest absolute Gasteiger partial charge is 0.490 e. The predicted octanol–water partition coefficient (Wildman–Crippen LogP) is 2.93. The van der Waals surface area contributed by atoms with Crippen molar-refractivity contribution < 1.29 is 9.84 Å². The lowest BCUT2D eigenvalue weighted by molar-refractivity contribution is 0.0536. The summed E-state index contributed by atoms with van der Waals surface area (Å²) in [6, 6.07) is 8.27. The molecule has 1 aliphatic carbocycles. The van der Waals surface area contributed by atoms with Crippen molar-refractivity contribution in [3.63, 3.8) is 0 Å². The molecule has 1 aliphatic rings. The Labute approximate surface area is 97.3 Å². The van der Waals surface area contributed by atoms with Gasteiger partial charge >= 0.3 is 0 Å². The van der Waals surface area contributed by atoms with Crippen LogP contribution in [-0.2, 0) is 6.42 Å². The molecule has 0 aromatic heterocycles. The Morgan fingerprint density at radius 1 is 1.25 bits per heavy atom. The van der Waals surface area contributed by atoms with Crippen LogP contribution in [0.1, 0.15) is 38.2 Å². The molecule has 1 aromatic rings. The van der Waals surface area contributed by atoms with Crippen molar-refractivity contribution in [1.29, 1.82) is 0 Å². The lowest BCUT2D eigenvalue weighted by atomic mass is 9.95. The van der Waals surface area contributed by atoms with Crippen molar-refractivity contribution in [2.45, 2.75) is 51.2 Å².